The van der Waals surface area contributed by atoms with Crippen molar-refractivity contribution in [3.63, 3.8) is 0 Å². The summed E-state index contributed by atoms with van der Waals surface area (Å²) in [4.78, 5) is 26.1. The van der Waals surface area contributed by atoms with E-state index in [4.69, 9.17) is 18.9 Å². The number of oxazole rings is 1. The zero-order valence-corrected chi connectivity index (χ0v) is 24.8. The highest BCUT2D eigenvalue weighted by atomic mass is 16.5. The number of carbonyl (C=O) groups excluding carboxylic acids is 1. The number of β-amino-alcohol motifs (C(OH)–C–C–N with tert-alkyl or cyclic N) is 1. The first kappa shape index (κ1) is 29.8. The number of aliphatic hydroxyl groups is 1. The molecule has 3 heterocycles. The third-order valence-corrected chi connectivity index (χ3v) is 8.00. The van der Waals surface area contributed by atoms with E-state index in [1.54, 1.807) is 19.2 Å². The normalized spacial score (nSPS) is 15.9. The van der Waals surface area contributed by atoms with E-state index in [1.165, 1.54) is 23.9 Å². The molecule has 1 aliphatic carbocycles. The zero-order chi connectivity index (χ0) is 29.5. The number of amides is 1. The number of hydrogen-bond donors (Lipinski definition) is 3. The molecule has 11 heteroatoms. The van der Waals surface area contributed by atoms with Gasteiger partial charge in [-0.25, -0.2) is 9.97 Å². The predicted molar refractivity (Wildman–Crippen MR) is 160 cm³/mol. The molecule has 0 saturated heterocycles. The number of pyridine rings is 1. The first-order chi connectivity index (χ1) is 20.4. The molecule has 3 aromatic rings. The van der Waals surface area contributed by atoms with Gasteiger partial charge >= 0.3 is 0 Å². The van der Waals surface area contributed by atoms with Crippen molar-refractivity contribution in [1.82, 2.24) is 20.2 Å². The minimum absolute atomic E-state index is 0.165. The molecular formula is C31H42N6O5. The Hall–Kier alpha value is -3.67. The summed E-state index contributed by atoms with van der Waals surface area (Å²) in [5.41, 5.74) is 3.81. The molecule has 0 spiro atoms. The lowest BCUT2D eigenvalue weighted by Gasteiger charge is -2.30. The fourth-order valence-corrected chi connectivity index (χ4v) is 5.14. The Morgan fingerprint density at radius 2 is 2.12 bits per heavy atom. The quantitative estimate of drug-likeness (QED) is 0.263. The maximum Gasteiger partial charge on any atom is 0.251 e. The maximum atomic E-state index is 13.1. The first-order valence-electron chi connectivity index (χ1n) is 14.7. The van der Waals surface area contributed by atoms with E-state index in [9.17, 15) is 9.90 Å². The van der Waals surface area contributed by atoms with Crippen LogP contribution in [0, 0.1) is 6.92 Å². The number of ether oxygens (including phenoxy) is 2. The standard InChI is InChI=1S/C31H42N6O5/c1-21-28(42-20-33-21)19-41-27-8-7-23-17-37(10-9-22(23)13-27)18-26(38)16-32-31(39)24-14-29(34-25-5-4-6-25)35-30(15-24)36(2)11-12-40-3/h7-8,13-15,20,25-26,38H,4-6,9-12,16-19H2,1-3H3,(H,32,39)(H,34,35). The topological polar surface area (TPSA) is 125 Å². The van der Waals surface area contributed by atoms with Crippen molar-refractivity contribution >= 4 is 17.5 Å². The fraction of sp³-hybridized carbons (Fsp3) is 0.516. The molecule has 1 aliphatic heterocycles. The number of anilines is 2. The number of aryl methyl sites for hydroxylation is 1. The van der Waals surface area contributed by atoms with Gasteiger partial charge in [0.1, 0.15) is 24.0 Å². The minimum atomic E-state index is -0.693. The van der Waals surface area contributed by atoms with Crippen molar-refractivity contribution in [1.29, 1.82) is 0 Å². The summed E-state index contributed by atoms with van der Waals surface area (Å²) in [6, 6.07) is 10.1. The lowest BCUT2D eigenvalue weighted by atomic mass is 9.93. The number of nitrogens with one attached hydrogen (secondary N) is 2. The van der Waals surface area contributed by atoms with Crippen LogP contribution in [0.5, 0.6) is 5.75 Å². The number of rotatable bonds is 14. The van der Waals surface area contributed by atoms with Crippen molar-refractivity contribution in [3.8, 4) is 5.75 Å². The Morgan fingerprint density at radius 3 is 2.86 bits per heavy atom. The SMILES string of the molecule is COCCN(C)c1cc(C(=O)NCC(O)CN2CCc3cc(OCc4ocnc4C)ccc3C2)cc(NC2CCC2)n1. The van der Waals surface area contributed by atoms with Gasteiger partial charge in [-0.3, -0.25) is 9.69 Å². The molecule has 1 saturated carbocycles. The van der Waals surface area contributed by atoms with Crippen LogP contribution in [0.25, 0.3) is 0 Å². The van der Waals surface area contributed by atoms with Crippen LogP contribution in [-0.4, -0.2) is 85.0 Å². The third kappa shape index (κ3) is 7.78. The van der Waals surface area contributed by atoms with Crippen LogP contribution in [0.15, 0.2) is 41.1 Å². The van der Waals surface area contributed by atoms with Crippen LogP contribution in [-0.2, 0) is 24.3 Å². The molecule has 0 radical (unpaired) electrons. The van der Waals surface area contributed by atoms with Gasteiger partial charge in [0, 0.05) is 58.5 Å². The summed E-state index contributed by atoms with van der Waals surface area (Å²) < 4.78 is 16.5. The molecule has 2 aromatic heterocycles. The Morgan fingerprint density at radius 1 is 1.26 bits per heavy atom. The number of methoxy groups -OCH3 is 1. The lowest BCUT2D eigenvalue weighted by Crippen LogP contribution is -2.42. The van der Waals surface area contributed by atoms with Crippen molar-refractivity contribution < 1.29 is 23.8 Å². The Balaban J connectivity index is 1.12. The highest BCUT2D eigenvalue weighted by Crippen LogP contribution is 2.26. The van der Waals surface area contributed by atoms with Crippen molar-refractivity contribution in [2.45, 2.75) is 57.9 Å². The second-order valence-electron chi connectivity index (χ2n) is 11.2. The Labute approximate surface area is 247 Å². The van der Waals surface area contributed by atoms with Crippen LogP contribution in [0.4, 0.5) is 11.6 Å². The molecule has 1 atom stereocenters. The average Bonchev–Trinajstić information content (AvgIpc) is 3.39. The van der Waals surface area contributed by atoms with E-state index >= 15 is 0 Å². The predicted octanol–water partition coefficient (Wildman–Crippen LogP) is 3.15. The van der Waals surface area contributed by atoms with Gasteiger partial charge in [-0.05, 0) is 68.0 Å². The van der Waals surface area contributed by atoms with Gasteiger partial charge < -0.3 is 34.5 Å². The highest BCUT2D eigenvalue weighted by molar-refractivity contribution is 5.95. The number of benzene rings is 1. The lowest BCUT2D eigenvalue weighted by molar-refractivity contribution is 0.0841. The van der Waals surface area contributed by atoms with Crippen molar-refractivity contribution in [2.75, 3.05) is 57.2 Å². The molecule has 1 unspecified atom stereocenters. The van der Waals surface area contributed by atoms with E-state index in [2.05, 4.69) is 32.7 Å². The molecule has 1 amide bonds. The molecule has 5 rings (SSSR count). The molecular weight excluding hydrogens is 536 g/mol. The van der Waals surface area contributed by atoms with Crippen LogP contribution in [0.3, 0.4) is 0 Å². The number of carbonyl (C=O) groups is 1. The van der Waals surface area contributed by atoms with E-state index in [0.717, 1.165) is 49.6 Å². The summed E-state index contributed by atoms with van der Waals surface area (Å²) in [5, 5.41) is 17.2. The largest absolute Gasteiger partial charge is 0.486 e. The molecule has 1 aromatic carbocycles. The van der Waals surface area contributed by atoms with Gasteiger partial charge in [0.25, 0.3) is 5.91 Å². The summed E-state index contributed by atoms with van der Waals surface area (Å²) in [6.45, 7) is 5.65. The second kappa shape index (κ2) is 14.0. The number of hydrogen-bond acceptors (Lipinski definition) is 10. The Bertz CT molecular complexity index is 1340. The van der Waals surface area contributed by atoms with E-state index in [-0.39, 0.29) is 12.5 Å². The van der Waals surface area contributed by atoms with Crippen LogP contribution >= 0.6 is 0 Å². The minimum Gasteiger partial charge on any atom is -0.486 e. The molecule has 3 N–H and O–H groups in total. The van der Waals surface area contributed by atoms with E-state index in [1.807, 2.05) is 24.9 Å². The second-order valence-corrected chi connectivity index (χ2v) is 11.2. The highest BCUT2D eigenvalue weighted by Gasteiger charge is 2.22. The van der Waals surface area contributed by atoms with Gasteiger partial charge in [-0.2, -0.15) is 0 Å². The van der Waals surface area contributed by atoms with Gasteiger partial charge in [-0.1, -0.05) is 6.07 Å². The monoisotopic (exact) mass is 578 g/mol. The number of aliphatic hydroxyl groups excluding tert-OH is 1. The van der Waals surface area contributed by atoms with E-state index < -0.39 is 6.10 Å². The number of nitrogens with zero attached hydrogens (tertiary/aromatic N) is 4. The van der Waals surface area contributed by atoms with Crippen LogP contribution in [0.2, 0.25) is 0 Å². The van der Waals surface area contributed by atoms with Gasteiger partial charge in [0.05, 0.1) is 18.4 Å². The molecule has 1 fully saturated rings. The fourth-order valence-electron chi connectivity index (χ4n) is 5.14. The molecule has 226 valence electrons. The van der Waals surface area contributed by atoms with Gasteiger partial charge in [0.2, 0.25) is 0 Å². The summed E-state index contributed by atoms with van der Waals surface area (Å²) in [7, 11) is 3.60. The van der Waals surface area contributed by atoms with Crippen LogP contribution in [0.1, 0.15) is 52.2 Å². The van der Waals surface area contributed by atoms with Gasteiger partial charge in [0.15, 0.2) is 12.2 Å². The van der Waals surface area contributed by atoms with Gasteiger partial charge in [-0.15, -0.1) is 0 Å². The van der Waals surface area contributed by atoms with Crippen LogP contribution < -0.4 is 20.3 Å². The number of aromatic nitrogens is 2. The van der Waals surface area contributed by atoms with Crippen molar-refractivity contribution in [3.05, 3.63) is 64.9 Å². The maximum absolute atomic E-state index is 13.1. The molecule has 11 nitrogen and oxygen atoms in total. The summed E-state index contributed by atoms with van der Waals surface area (Å²) in [6.07, 6.45) is 5.02. The summed E-state index contributed by atoms with van der Waals surface area (Å²) in [5.74, 6) is 2.70. The molecule has 0 bridgehead atoms. The first-order valence-corrected chi connectivity index (χ1v) is 14.7. The van der Waals surface area contributed by atoms with Crippen molar-refractivity contribution in [2.24, 2.45) is 0 Å². The Kier molecular flexibility index (Phi) is 9.93. The molecule has 42 heavy (non-hydrogen) atoms. The zero-order valence-electron chi connectivity index (χ0n) is 24.8. The average molecular weight is 579 g/mol. The number of fused-ring (bicyclic) bond motifs is 1. The third-order valence-electron chi connectivity index (χ3n) is 8.00. The van der Waals surface area contributed by atoms with E-state index in [0.29, 0.717) is 49.5 Å². The molecule has 2 aliphatic rings. The summed E-state index contributed by atoms with van der Waals surface area (Å²) >= 11 is 0. The smallest absolute Gasteiger partial charge is 0.251 e. The number of likely N-dealkylation sites (N-methyl/N-ethyl adjacent to an activating group) is 1.